The van der Waals surface area contributed by atoms with Crippen molar-refractivity contribution >= 4 is 11.6 Å². The van der Waals surface area contributed by atoms with E-state index in [0.717, 1.165) is 34.3 Å². The first-order chi connectivity index (χ1) is 11.0. The zero-order valence-corrected chi connectivity index (χ0v) is 13.4. The van der Waals surface area contributed by atoms with E-state index in [-0.39, 0.29) is 12.3 Å². The van der Waals surface area contributed by atoms with Gasteiger partial charge < -0.3 is 14.9 Å². The lowest BCUT2D eigenvalue weighted by Gasteiger charge is -2.08. The van der Waals surface area contributed by atoms with Crippen LogP contribution in [-0.4, -0.2) is 25.4 Å². The van der Waals surface area contributed by atoms with Gasteiger partial charge in [-0.3, -0.25) is 4.79 Å². The summed E-state index contributed by atoms with van der Waals surface area (Å²) in [4.78, 5) is 23.5. The van der Waals surface area contributed by atoms with Crippen molar-refractivity contribution < 1.29 is 4.79 Å². The van der Waals surface area contributed by atoms with Crippen molar-refractivity contribution in [3.05, 3.63) is 59.7 Å². The molecule has 2 heterocycles. The Balaban J connectivity index is 1.67. The van der Waals surface area contributed by atoms with Gasteiger partial charge in [0.2, 0.25) is 5.91 Å². The average Bonchev–Trinajstić information content (AvgIpc) is 3.07. The number of aromatic nitrogens is 4. The van der Waals surface area contributed by atoms with Crippen molar-refractivity contribution in [1.29, 1.82) is 0 Å². The first-order valence-corrected chi connectivity index (χ1v) is 7.44. The van der Waals surface area contributed by atoms with E-state index >= 15 is 0 Å². The highest BCUT2D eigenvalue weighted by atomic mass is 16.1. The Labute approximate surface area is 134 Å². The van der Waals surface area contributed by atoms with Crippen LogP contribution in [0.1, 0.15) is 22.9 Å². The van der Waals surface area contributed by atoms with Crippen LogP contribution in [0.5, 0.6) is 0 Å². The number of carbonyl (C=O) groups is 1. The minimum atomic E-state index is -0.0731. The first-order valence-electron chi connectivity index (χ1n) is 7.44. The third-order valence-corrected chi connectivity index (χ3v) is 3.79. The van der Waals surface area contributed by atoms with E-state index in [1.54, 1.807) is 12.5 Å². The number of amides is 1. The predicted molar refractivity (Wildman–Crippen MR) is 88.7 cm³/mol. The molecule has 0 radical (unpaired) electrons. The highest BCUT2D eigenvalue weighted by Gasteiger charge is 2.07. The van der Waals surface area contributed by atoms with Crippen LogP contribution in [0.4, 0.5) is 5.69 Å². The van der Waals surface area contributed by atoms with Gasteiger partial charge in [0.05, 0.1) is 18.4 Å². The molecule has 0 atom stereocenters. The van der Waals surface area contributed by atoms with Crippen molar-refractivity contribution in [2.24, 2.45) is 0 Å². The summed E-state index contributed by atoms with van der Waals surface area (Å²) in [7, 11) is 0. The van der Waals surface area contributed by atoms with Crippen molar-refractivity contribution in [1.82, 2.24) is 19.5 Å². The van der Waals surface area contributed by atoms with Crippen molar-refractivity contribution in [2.45, 2.75) is 27.2 Å². The van der Waals surface area contributed by atoms with Crippen molar-refractivity contribution in [2.75, 3.05) is 5.32 Å². The number of H-pyrrole nitrogens is 1. The Morgan fingerprint density at radius 3 is 2.48 bits per heavy atom. The lowest BCUT2D eigenvalue weighted by molar-refractivity contribution is -0.115. The number of aromatic amines is 1. The summed E-state index contributed by atoms with van der Waals surface area (Å²) in [6, 6.07) is 7.70. The summed E-state index contributed by atoms with van der Waals surface area (Å²) in [5.74, 6) is 0.735. The molecule has 3 rings (SSSR count). The number of nitrogens with one attached hydrogen (secondary N) is 2. The fourth-order valence-corrected chi connectivity index (χ4v) is 2.40. The second-order valence-electron chi connectivity index (χ2n) is 5.55. The fourth-order valence-electron chi connectivity index (χ4n) is 2.40. The standard InChI is InChI=1S/C17H19N5O/c1-11-12(2)22(10-19-11)16-6-4-14(5-7-16)21-17(23)8-15-9-18-13(3)20-15/h4-7,9-10H,8H2,1-3H3,(H,18,20)(H,21,23). The zero-order chi connectivity index (χ0) is 16.4. The quantitative estimate of drug-likeness (QED) is 0.778. The number of imidazole rings is 2. The van der Waals surface area contributed by atoms with E-state index in [1.165, 1.54) is 0 Å². The second-order valence-corrected chi connectivity index (χ2v) is 5.55. The molecule has 6 nitrogen and oxygen atoms in total. The highest BCUT2D eigenvalue weighted by molar-refractivity contribution is 5.92. The maximum absolute atomic E-state index is 12.0. The Kier molecular flexibility index (Phi) is 3.97. The Bertz CT molecular complexity index is 829. The highest BCUT2D eigenvalue weighted by Crippen LogP contribution is 2.17. The van der Waals surface area contributed by atoms with Gasteiger partial charge in [0, 0.05) is 29.0 Å². The van der Waals surface area contributed by atoms with Crippen LogP contribution in [0, 0.1) is 20.8 Å². The topological polar surface area (TPSA) is 75.6 Å². The molecule has 1 amide bonds. The van der Waals surface area contributed by atoms with Crippen LogP contribution < -0.4 is 5.32 Å². The molecule has 2 aromatic heterocycles. The summed E-state index contributed by atoms with van der Waals surface area (Å²) in [5, 5.41) is 2.89. The van der Waals surface area contributed by atoms with E-state index < -0.39 is 0 Å². The monoisotopic (exact) mass is 309 g/mol. The van der Waals surface area contributed by atoms with Crippen LogP contribution in [0.25, 0.3) is 5.69 Å². The van der Waals surface area contributed by atoms with Gasteiger partial charge in [0.15, 0.2) is 0 Å². The number of hydrogen-bond acceptors (Lipinski definition) is 3. The van der Waals surface area contributed by atoms with Crippen molar-refractivity contribution in [3.8, 4) is 5.69 Å². The summed E-state index contributed by atoms with van der Waals surface area (Å²) >= 11 is 0. The summed E-state index contributed by atoms with van der Waals surface area (Å²) in [5.41, 5.74) is 4.71. The smallest absolute Gasteiger partial charge is 0.230 e. The van der Waals surface area contributed by atoms with E-state index in [1.807, 2.05) is 49.6 Å². The molecular formula is C17H19N5O. The van der Waals surface area contributed by atoms with Gasteiger partial charge >= 0.3 is 0 Å². The normalized spacial score (nSPS) is 10.7. The molecule has 0 aliphatic carbocycles. The number of aryl methyl sites for hydroxylation is 2. The van der Waals surface area contributed by atoms with Gasteiger partial charge in [-0.1, -0.05) is 0 Å². The first kappa shape index (κ1) is 15.0. The van der Waals surface area contributed by atoms with Crippen LogP contribution >= 0.6 is 0 Å². The zero-order valence-electron chi connectivity index (χ0n) is 13.4. The molecule has 3 aromatic rings. The Morgan fingerprint density at radius 2 is 1.91 bits per heavy atom. The molecule has 0 saturated carbocycles. The van der Waals surface area contributed by atoms with Crippen molar-refractivity contribution in [3.63, 3.8) is 0 Å². The van der Waals surface area contributed by atoms with E-state index in [4.69, 9.17) is 0 Å². The molecule has 0 aliphatic rings. The average molecular weight is 309 g/mol. The molecule has 2 N–H and O–H groups in total. The molecule has 6 heteroatoms. The molecule has 118 valence electrons. The molecule has 0 unspecified atom stereocenters. The van der Waals surface area contributed by atoms with E-state index in [9.17, 15) is 4.79 Å². The number of carbonyl (C=O) groups excluding carboxylic acids is 1. The molecule has 0 spiro atoms. The second kappa shape index (κ2) is 6.08. The van der Waals surface area contributed by atoms with Crippen LogP contribution in [0.15, 0.2) is 36.8 Å². The third-order valence-electron chi connectivity index (χ3n) is 3.79. The molecule has 0 saturated heterocycles. The predicted octanol–water partition coefficient (Wildman–Crippen LogP) is 2.70. The summed E-state index contributed by atoms with van der Waals surface area (Å²) < 4.78 is 2.02. The molecule has 0 fully saturated rings. The maximum Gasteiger partial charge on any atom is 0.230 e. The minimum absolute atomic E-state index is 0.0731. The van der Waals surface area contributed by atoms with Gasteiger partial charge in [-0.05, 0) is 45.0 Å². The number of benzene rings is 1. The molecule has 0 aliphatic heterocycles. The lowest BCUT2D eigenvalue weighted by Crippen LogP contribution is -2.14. The summed E-state index contributed by atoms with van der Waals surface area (Å²) in [6.45, 7) is 5.88. The van der Waals surface area contributed by atoms with Crippen LogP contribution in [0.3, 0.4) is 0 Å². The van der Waals surface area contributed by atoms with Crippen LogP contribution in [0.2, 0.25) is 0 Å². The molecule has 23 heavy (non-hydrogen) atoms. The van der Waals surface area contributed by atoms with Crippen LogP contribution in [-0.2, 0) is 11.2 Å². The summed E-state index contributed by atoms with van der Waals surface area (Å²) in [6.07, 6.45) is 3.77. The van der Waals surface area contributed by atoms with Gasteiger partial charge in [-0.15, -0.1) is 0 Å². The SMILES string of the molecule is Cc1ncc(CC(=O)Nc2ccc(-n3cnc(C)c3C)cc2)[nH]1. The third kappa shape index (κ3) is 3.31. The number of rotatable bonds is 4. The Morgan fingerprint density at radius 1 is 1.17 bits per heavy atom. The molecule has 0 bridgehead atoms. The minimum Gasteiger partial charge on any atom is -0.346 e. The molecule has 1 aromatic carbocycles. The van der Waals surface area contributed by atoms with Gasteiger partial charge in [-0.2, -0.15) is 0 Å². The van der Waals surface area contributed by atoms with Gasteiger partial charge in [-0.25, -0.2) is 9.97 Å². The van der Waals surface area contributed by atoms with E-state index in [2.05, 4.69) is 20.3 Å². The van der Waals surface area contributed by atoms with Gasteiger partial charge in [0.1, 0.15) is 5.82 Å². The fraction of sp³-hybridized carbons (Fsp3) is 0.235. The largest absolute Gasteiger partial charge is 0.346 e. The Hall–Kier alpha value is -2.89. The number of hydrogen-bond donors (Lipinski definition) is 2. The number of anilines is 1. The van der Waals surface area contributed by atoms with E-state index in [0.29, 0.717) is 0 Å². The lowest BCUT2D eigenvalue weighted by atomic mass is 10.2. The molecular weight excluding hydrogens is 290 g/mol. The maximum atomic E-state index is 12.0. The van der Waals surface area contributed by atoms with Gasteiger partial charge in [0.25, 0.3) is 0 Å². The number of nitrogens with zero attached hydrogens (tertiary/aromatic N) is 3.